The van der Waals surface area contributed by atoms with Gasteiger partial charge in [-0.1, -0.05) is 44.2 Å². The zero-order valence-electron chi connectivity index (χ0n) is 8.25. The Labute approximate surface area is 70.7 Å². The van der Waals surface area contributed by atoms with E-state index in [0.717, 1.165) is 6.42 Å². The summed E-state index contributed by atoms with van der Waals surface area (Å²) in [5, 5.41) is 0. The van der Waals surface area contributed by atoms with Crippen molar-refractivity contribution in [2.24, 2.45) is 5.92 Å². The van der Waals surface area contributed by atoms with E-state index in [1.54, 1.807) is 0 Å². The molecule has 0 radical (unpaired) electrons. The van der Waals surface area contributed by atoms with Gasteiger partial charge >= 0.3 is 0 Å². The van der Waals surface area contributed by atoms with Gasteiger partial charge in [-0.2, -0.15) is 0 Å². The molecule has 1 aromatic rings. The van der Waals surface area contributed by atoms with Crippen LogP contribution in [0.3, 0.4) is 0 Å². The van der Waals surface area contributed by atoms with Gasteiger partial charge in [0.2, 0.25) is 0 Å². The van der Waals surface area contributed by atoms with E-state index in [1.165, 1.54) is 5.56 Å². The average Bonchev–Trinajstić information content (AvgIpc) is 2.06. The molecule has 1 aromatic carbocycles. The molecule has 0 heteroatoms. The SMILES string of the molecule is [2H]C(Cc1ccccc1)C(C)C. The van der Waals surface area contributed by atoms with Crippen molar-refractivity contribution in [1.29, 1.82) is 0 Å². The van der Waals surface area contributed by atoms with Crippen molar-refractivity contribution in [1.82, 2.24) is 0 Å². The van der Waals surface area contributed by atoms with Crippen LogP contribution >= 0.6 is 0 Å². The fourth-order valence-electron chi connectivity index (χ4n) is 0.986. The fraction of sp³-hybridized carbons (Fsp3) is 0.455. The summed E-state index contributed by atoms with van der Waals surface area (Å²) < 4.78 is 7.76. The van der Waals surface area contributed by atoms with E-state index in [9.17, 15) is 0 Å². The molecule has 1 atom stereocenters. The fourth-order valence-corrected chi connectivity index (χ4v) is 0.986. The summed E-state index contributed by atoms with van der Waals surface area (Å²) in [6, 6.07) is 10.2. The highest BCUT2D eigenvalue weighted by Gasteiger charge is 1.94. The molecule has 0 aliphatic heterocycles. The molecule has 0 heterocycles. The molecule has 0 aromatic heterocycles. The molecular weight excluding hydrogens is 132 g/mol. The first-order valence-corrected chi connectivity index (χ1v) is 4.16. The lowest BCUT2D eigenvalue weighted by Crippen LogP contribution is -1.91. The van der Waals surface area contributed by atoms with E-state index >= 15 is 0 Å². The Morgan fingerprint density at radius 2 is 1.91 bits per heavy atom. The summed E-state index contributed by atoms with van der Waals surface area (Å²) in [5.41, 5.74) is 1.27. The number of hydrogen-bond acceptors (Lipinski definition) is 0. The van der Waals surface area contributed by atoms with Gasteiger partial charge in [-0.05, 0) is 24.3 Å². The molecule has 0 fully saturated rings. The van der Waals surface area contributed by atoms with Crippen molar-refractivity contribution in [3.8, 4) is 0 Å². The minimum atomic E-state index is 0.0346. The number of hydrogen-bond donors (Lipinski definition) is 0. The molecule has 0 N–H and O–H groups in total. The summed E-state index contributed by atoms with van der Waals surface area (Å²) in [7, 11) is 0. The van der Waals surface area contributed by atoms with Crippen molar-refractivity contribution in [2.45, 2.75) is 26.7 Å². The van der Waals surface area contributed by atoms with Crippen molar-refractivity contribution in [3.05, 3.63) is 35.9 Å². The summed E-state index contributed by atoms with van der Waals surface area (Å²) in [6.07, 6.45) is 0.908. The highest BCUT2D eigenvalue weighted by Crippen LogP contribution is 2.07. The Morgan fingerprint density at radius 1 is 1.27 bits per heavy atom. The van der Waals surface area contributed by atoms with E-state index in [0.29, 0.717) is 5.92 Å². The zero-order valence-corrected chi connectivity index (χ0v) is 7.25. The number of benzene rings is 1. The molecule has 0 spiro atoms. The van der Waals surface area contributed by atoms with E-state index in [2.05, 4.69) is 26.0 Å². The van der Waals surface area contributed by atoms with Crippen molar-refractivity contribution in [2.75, 3.05) is 0 Å². The maximum absolute atomic E-state index is 7.76. The maximum Gasteiger partial charge on any atom is 0.0273 e. The second kappa shape index (κ2) is 4.17. The van der Waals surface area contributed by atoms with Crippen molar-refractivity contribution < 1.29 is 1.37 Å². The van der Waals surface area contributed by atoms with Gasteiger partial charge in [0, 0.05) is 1.37 Å². The first-order chi connectivity index (χ1) is 5.70. The monoisotopic (exact) mass is 149 g/mol. The van der Waals surface area contributed by atoms with E-state index < -0.39 is 0 Å². The Kier molecular flexibility index (Phi) is 2.62. The average molecular weight is 149 g/mol. The van der Waals surface area contributed by atoms with Crippen LogP contribution in [0.1, 0.15) is 27.2 Å². The first-order valence-electron chi connectivity index (χ1n) is 4.74. The van der Waals surface area contributed by atoms with Crippen LogP contribution in [0.15, 0.2) is 30.3 Å². The highest BCUT2D eigenvalue weighted by molar-refractivity contribution is 5.14. The lowest BCUT2D eigenvalue weighted by molar-refractivity contribution is 0.587. The van der Waals surface area contributed by atoms with Gasteiger partial charge in [-0.25, -0.2) is 0 Å². The third-order valence-electron chi connectivity index (χ3n) is 1.67. The van der Waals surface area contributed by atoms with Gasteiger partial charge in [0.05, 0.1) is 0 Å². The molecule has 0 aliphatic rings. The lowest BCUT2D eigenvalue weighted by atomic mass is 10.0. The summed E-state index contributed by atoms with van der Waals surface area (Å²) >= 11 is 0. The largest absolute Gasteiger partial charge is 0.0628 e. The quantitative estimate of drug-likeness (QED) is 0.618. The molecule has 0 nitrogen and oxygen atoms in total. The van der Waals surface area contributed by atoms with Crippen LogP contribution in [-0.4, -0.2) is 0 Å². The van der Waals surface area contributed by atoms with Gasteiger partial charge < -0.3 is 0 Å². The number of rotatable bonds is 3. The summed E-state index contributed by atoms with van der Waals surface area (Å²) in [6.45, 7) is 4.20. The maximum atomic E-state index is 7.76. The molecule has 60 valence electrons. The zero-order chi connectivity index (χ0) is 8.97. The molecular formula is C11H16. The van der Waals surface area contributed by atoms with E-state index in [4.69, 9.17) is 1.37 Å². The number of aryl methyl sites for hydroxylation is 1. The van der Waals surface area contributed by atoms with Crippen LogP contribution in [0.2, 0.25) is 0 Å². The third-order valence-corrected chi connectivity index (χ3v) is 1.67. The Morgan fingerprint density at radius 3 is 2.45 bits per heavy atom. The normalized spacial score (nSPS) is 14.6. The summed E-state index contributed by atoms with van der Waals surface area (Å²) in [5.74, 6) is 0.449. The molecule has 0 saturated carbocycles. The molecule has 11 heavy (non-hydrogen) atoms. The van der Waals surface area contributed by atoms with Crippen LogP contribution in [0, 0.1) is 5.92 Å². The van der Waals surface area contributed by atoms with Gasteiger partial charge in [0.15, 0.2) is 0 Å². The minimum absolute atomic E-state index is 0.0346. The van der Waals surface area contributed by atoms with Gasteiger partial charge in [-0.3, -0.25) is 0 Å². The minimum Gasteiger partial charge on any atom is -0.0628 e. The second-order valence-electron chi connectivity index (χ2n) is 3.17. The molecule has 0 bridgehead atoms. The predicted octanol–water partition coefficient (Wildman–Crippen LogP) is 3.28. The van der Waals surface area contributed by atoms with Crippen LogP contribution in [-0.2, 0) is 6.42 Å². The molecule has 1 rings (SSSR count). The Balaban J connectivity index is 2.53. The molecule has 0 saturated heterocycles. The predicted molar refractivity (Wildman–Crippen MR) is 49.6 cm³/mol. The van der Waals surface area contributed by atoms with Gasteiger partial charge in [-0.15, -0.1) is 0 Å². The van der Waals surface area contributed by atoms with Crippen LogP contribution < -0.4 is 0 Å². The lowest BCUT2D eigenvalue weighted by Gasteiger charge is -2.03. The van der Waals surface area contributed by atoms with E-state index in [1.807, 2.05) is 18.2 Å². The first kappa shape index (κ1) is 6.90. The van der Waals surface area contributed by atoms with Crippen molar-refractivity contribution >= 4 is 0 Å². The topological polar surface area (TPSA) is 0 Å². The highest BCUT2D eigenvalue weighted by atomic mass is 14.0. The Hall–Kier alpha value is -0.780. The van der Waals surface area contributed by atoms with Gasteiger partial charge in [0.1, 0.15) is 0 Å². The molecule has 1 unspecified atom stereocenters. The summed E-state index contributed by atoms with van der Waals surface area (Å²) in [4.78, 5) is 0. The van der Waals surface area contributed by atoms with E-state index in [-0.39, 0.29) is 6.40 Å². The second-order valence-corrected chi connectivity index (χ2v) is 3.17. The van der Waals surface area contributed by atoms with Crippen LogP contribution in [0.4, 0.5) is 0 Å². The van der Waals surface area contributed by atoms with Crippen LogP contribution in [0.5, 0.6) is 0 Å². The molecule has 0 amide bonds. The third kappa shape index (κ3) is 3.22. The standard InChI is InChI=1S/C11H16/c1-10(2)8-9-11-6-4-3-5-7-11/h3-7,10H,8-9H2,1-2H3/i8D. The van der Waals surface area contributed by atoms with Crippen LogP contribution in [0.25, 0.3) is 0 Å². The Bertz CT molecular complexity index is 216. The van der Waals surface area contributed by atoms with Gasteiger partial charge in [0.25, 0.3) is 0 Å². The smallest absolute Gasteiger partial charge is 0.0273 e. The molecule has 0 aliphatic carbocycles. The van der Waals surface area contributed by atoms with Crippen molar-refractivity contribution in [3.63, 3.8) is 0 Å².